The number of ether oxygens (including phenoxy) is 1. The van der Waals surface area contributed by atoms with Crippen LogP contribution in [0.1, 0.15) is 31.7 Å². The lowest BCUT2D eigenvalue weighted by atomic mass is 9.99. The van der Waals surface area contributed by atoms with Crippen molar-refractivity contribution in [2.24, 2.45) is 5.92 Å². The van der Waals surface area contributed by atoms with Gasteiger partial charge in [-0.05, 0) is 43.4 Å². The summed E-state index contributed by atoms with van der Waals surface area (Å²) in [4.78, 5) is 26.3. The van der Waals surface area contributed by atoms with E-state index in [4.69, 9.17) is 4.74 Å². The molecule has 1 N–H and O–H groups in total. The number of carbonyl (C=O) groups is 2. The van der Waals surface area contributed by atoms with Crippen LogP contribution in [-0.4, -0.2) is 35.9 Å². The van der Waals surface area contributed by atoms with Crippen molar-refractivity contribution >= 4 is 17.5 Å². The van der Waals surface area contributed by atoms with E-state index in [1.165, 1.54) is 0 Å². The van der Waals surface area contributed by atoms with E-state index in [1.807, 2.05) is 30.0 Å². The lowest BCUT2D eigenvalue weighted by Crippen LogP contribution is -2.44. The van der Waals surface area contributed by atoms with Crippen LogP contribution >= 0.6 is 0 Å². The summed E-state index contributed by atoms with van der Waals surface area (Å²) in [5, 5.41) is 2.83. The van der Waals surface area contributed by atoms with E-state index in [2.05, 4.69) is 12.2 Å². The number of aryl methyl sites for hydroxylation is 1. The first-order valence-electron chi connectivity index (χ1n) is 7.89. The van der Waals surface area contributed by atoms with Gasteiger partial charge in [0.25, 0.3) is 5.91 Å². The number of benzene rings is 1. The number of anilines is 1. The van der Waals surface area contributed by atoms with E-state index in [0.29, 0.717) is 17.4 Å². The number of piperidine rings is 1. The first-order chi connectivity index (χ1) is 10.5. The maximum atomic E-state index is 12.4. The molecule has 3 rings (SSSR count). The highest BCUT2D eigenvalue weighted by molar-refractivity contribution is 6.00. The average Bonchev–Trinajstić information content (AvgIpc) is 2.49. The number of rotatable bonds is 2. The van der Waals surface area contributed by atoms with Gasteiger partial charge in [0.15, 0.2) is 6.10 Å². The predicted octanol–water partition coefficient (Wildman–Crippen LogP) is 2.34. The van der Waals surface area contributed by atoms with Crippen LogP contribution in [0.5, 0.6) is 5.75 Å². The molecule has 1 aromatic carbocycles. The summed E-state index contributed by atoms with van der Waals surface area (Å²) in [5.74, 6) is 1.07. The number of carbonyl (C=O) groups excluding carboxylic acids is 2. The van der Waals surface area contributed by atoms with Crippen LogP contribution in [-0.2, 0) is 9.59 Å². The molecule has 2 amide bonds. The molecule has 118 valence electrons. The van der Waals surface area contributed by atoms with Gasteiger partial charge < -0.3 is 15.0 Å². The maximum Gasteiger partial charge on any atom is 0.266 e. The van der Waals surface area contributed by atoms with Gasteiger partial charge in [-0.25, -0.2) is 0 Å². The fraction of sp³-hybridized carbons (Fsp3) is 0.529. The summed E-state index contributed by atoms with van der Waals surface area (Å²) < 4.78 is 5.72. The predicted molar refractivity (Wildman–Crippen MR) is 83.8 cm³/mol. The Morgan fingerprint density at radius 3 is 2.82 bits per heavy atom. The molecule has 1 aromatic rings. The minimum atomic E-state index is -0.734. The normalized spacial score (nSPS) is 21.8. The number of likely N-dealkylation sites (tertiary alicyclic amines) is 1. The van der Waals surface area contributed by atoms with E-state index >= 15 is 0 Å². The summed E-state index contributed by atoms with van der Waals surface area (Å²) in [7, 11) is 0. The lowest BCUT2D eigenvalue weighted by Gasteiger charge is -2.32. The molecule has 5 nitrogen and oxygen atoms in total. The summed E-state index contributed by atoms with van der Waals surface area (Å²) in [5.41, 5.74) is 1.74. The Morgan fingerprint density at radius 2 is 2.09 bits per heavy atom. The molecule has 0 aromatic heterocycles. The van der Waals surface area contributed by atoms with Gasteiger partial charge in [-0.3, -0.25) is 9.59 Å². The van der Waals surface area contributed by atoms with E-state index in [0.717, 1.165) is 31.5 Å². The summed E-state index contributed by atoms with van der Waals surface area (Å²) in [6.07, 6.45) is 1.44. The molecular weight excluding hydrogens is 280 g/mol. The largest absolute Gasteiger partial charge is 0.478 e. The van der Waals surface area contributed by atoms with E-state index < -0.39 is 6.10 Å². The topological polar surface area (TPSA) is 58.6 Å². The van der Waals surface area contributed by atoms with Crippen LogP contribution in [0.15, 0.2) is 18.2 Å². The number of amides is 2. The van der Waals surface area contributed by atoms with Gasteiger partial charge in [0.2, 0.25) is 5.91 Å². The van der Waals surface area contributed by atoms with Crippen molar-refractivity contribution in [3.63, 3.8) is 0 Å². The van der Waals surface area contributed by atoms with Gasteiger partial charge in [-0.15, -0.1) is 0 Å². The Hall–Kier alpha value is -2.04. The van der Waals surface area contributed by atoms with Crippen LogP contribution in [0.3, 0.4) is 0 Å². The number of hydrogen-bond donors (Lipinski definition) is 1. The second-order valence-corrected chi connectivity index (χ2v) is 6.36. The molecule has 0 spiro atoms. The SMILES string of the molecule is Cc1ccc2c(c1)NC(=O)C(CC(=O)N1CCC(C)CC1)O2. The van der Waals surface area contributed by atoms with Crippen molar-refractivity contribution < 1.29 is 14.3 Å². The Kier molecular flexibility index (Phi) is 4.05. The van der Waals surface area contributed by atoms with Crippen molar-refractivity contribution in [2.45, 2.75) is 39.2 Å². The van der Waals surface area contributed by atoms with E-state index in [9.17, 15) is 9.59 Å². The van der Waals surface area contributed by atoms with Crippen LogP contribution in [0, 0.1) is 12.8 Å². The van der Waals surface area contributed by atoms with Gasteiger partial charge in [0.1, 0.15) is 5.75 Å². The van der Waals surface area contributed by atoms with Crippen molar-refractivity contribution in [1.82, 2.24) is 4.90 Å². The highest BCUT2D eigenvalue weighted by atomic mass is 16.5. The lowest BCUT2D eigenvalue weighted by molar-refractivity contribution is -0.138. The third-order valence-corrected chi connectivity index (χ3v) is 4.45. The van der Waals surface area contributed by atoms with Crippen molar-refractivity contribution in [2.75, 3.05) is 18.4 Å². The molecule has 0 radical (unpaired) electrons. The van der Waals surface area contributed by atoms with Crippen molar-refractivity contribution in [1.29, 1.82) is 0 Å². The highest BCUT2D eigenvalue weighted by Crippen LogP contribution is 2.31. The van der Waals surface area contributed by atoms with Crippen LogP contribution in [0.4, 0.5) is 5.69 Å². The van der Waals surface area contributed by atoms with Gasteiger partial charge >= 0.3 is 0 Å². The molecule has 0 saturated carbocycles. The summed E-state index contributed by atoms with van der Waals surface area (Å²) in [6.45, 7) is 5.73. The monoisotopic (exact) mass is 302 g/mol. The molecule has 22 heavy (non-hydrogen) atoms. The molecule has 2 heterocycles. The van der Waals surface area contributed by atoms with E-state index in [-0.39, 0.29) is 18.2 Å². The Balaban J connectivity index is 1.64. The highest BCUT2D eigenvalue weighted by Gasteiger charge is 2.32. The van der Waals surface area contributed by atoms with Crippen LogP contribution < -0.4 is 10.1 Å². The average molecular weight is 302 g/mol. The molecule has 0 aliphatic carbocycles. The van der Waals surface area contributed by atoms with Gasteiger partial charge in [0, 0.05) is 13.1 Å². The van der Waals surface area contributed by atoms with Gasteiger partial charge in [0.05, 0.1) is 12.1 Å². The molecule has 2 aliphatic rings. The third-order valence-electron chi connectivity index (χ3n) is 4.45. The number of hydrogen-bond acceptors (Lipinski definition) is 3. The number of nitrogens with zero attached hydrogens (tertiary/aromatic N) is 1. The number of fused-ring (bicyclic) bond motifs is 1. The molecule has 5 heteroatoms. The summed E-state index contributed by atoms with van der Waals surface area (Å²) in [6, 6.07) is 5.64. The summed E-state index contributed by atoms with van der Waals surface area (Å²) >= 11 is 0. The van der Waals surface area contributed by atoms with Crippen LogP contribution in [0.2, 0.25) is 0 Å². The standard InChI is InChI=1S/C17H22N2O3/c1-11-5-7-19(8-6-11)16(20)10-15-17(21)18-13-9-12(2)3-4-14(13)22-15/h3-4,9,11,15H,5-8,10H2,1-2H3,(H,18,21). The Labute approximate surface area is 130 Å². The fourth-order valence-electron chi connectivity index (χ4n) is 2.94. The van der Waals surface area contributed by atoms with Gasteiger partial charge in [-0.2, -0.15) is 0 Å². The van der Waals surface area contributed by atoms with Crippen molar-refractivity contribution in [3.8, 4) is 5.75 Å². The zero-order valence-electron chi connectivity index (χ0n) is 13.1. The second kappa shape index (κ2) is 5.99. The van der Waals surface area contributed by atoms with Gasteiger partial charge in [-0.1, -0.05) is 13.0 Å². The minimum Gasteiger partial charge on any atom is -0.478 e. The Morgan fingerprint density at radius 1 is 1.36 bits per heavy atom. The molecule has 1 saturated heterocycles. The molecule has 1 atom stereocenters. The second-order valence-electron chi connectivity index (χ2n) is 6.36. The molecular formula is C17H22N2O3. The maximum absolute atomic E-state index is 12.4. The zero-order valence-corrected chi connectivity index (χ0v) is 13.1. The van der Waals surface area contributed by atoms with E-state index in [1.54, 1.807) is 0 Å². The fourth-order valence-corrected chi connectivity index (χ4v) is 2.94. The molecule has 1 unspecified atom stereocenters. The quantitative estimate of drug-likeness (QED) is 0.912. The molecule has 1 fully saturated rings. The number of nitrogens with one attached hydrogen (secondary N) is 1. The van der Waals surface area contributed by atoms with Crippen LogP contribution in [0.25, 0.3) is 0 Å². The first kappa shape index (κ1) is 14.9. The smallest absolute Gasteiger partial charge is 0.266 e. The third kappa shape index (κ3) is 3.08. The van der Waals surface area contributed by atoms with Crippen molar-refractivity contribution in [3.05, 3.63) is 23.8 Å². The molecule has 0 bridgehead atoms. The zero-order chi connectivity index (χ0) is 15.7. The Bertz CT molecular complexity index is 592. The first-order valence-corrected chi connectivity index (χ1v) is 7.89. The minimum absolute atomic E-state index is 0.00242. The molecule has 2 aliphatic heterocycles.